The molecule has 0 bridgehead atoms. The number of rotatable bonds is 6. The molecule has 2 aromatic rings. The van der Waals surface area contributed by atoms with E-state index in [1.807, 2.05) is 0 Å². The lowest BCUT2D eigenvalue weighted by Gasteiger charge is -2.28. The van der Waals surface area contributed by atoms with Gasteiger partial charge >= 0.3 is 5.97 Å². The lowest BCUT2D eigenvalue weighted by molar-refractivity contribution is -0.131. The number of aromatic nitrogens is 2. The molecule has 2 heterocycles. The van der Waals surface area contributed by atoms with Gasteiger partial charge in [-0.05, 0) is 19.1 Å². The first-order valence-corrected chi connectivity index (χ1v) is 9.41. The van der Waals surface area contributed by atoms with Crippen LogP contribution >= 0.6 is 11.6 Å². The molecule has 0 spiro atoms. The van der Waals surface area contributed by atoms with Gasteiger partial charge in [-0.15, -0.1) is 6.58 Å². The maximum Gasteiger partial charge on any atom is 0.359 e. The molecule has 0 aliphatic carbocycles. The van der Waals surface area contributed by atoms with Gasteiger partial charge in [0.1, 0.15) is 5.82 Å². The van der Waals surface area contributed by atoms with E-state index >= 15 is 0 Å². The molecule has 1 aromatic carbocycles. The van der Waals surface area contributed by atoms with Gasteiger partial charge in [-0.2, -0.15) is 5.10 Å². The van der Waals surface area contributed by atoms with Crippen LogP contribution in [-0.4, -0.2) is 39.7 Å². The molecule has 3 rings (SSSR count). The first-order valence-electron chi connectivity index (χ1n) is 9.03. The minimum absolute atomic E-state index is 0.142. The summed E-state index contributed by atoms with van der Waals surface area (Å²) in [4.78, 5) is 26.6. The molecule has 8 heteroatoms. The number of nitrogens with zero attached hydrogens (tertiary/aromatic N) is 3. The average Bonchev–Trinajstić information content (AvgIpc) is 3.03. The van der Waals surface area contributed by atoms with E-state index in [4.69, 9.17) is 16.3 Å². The van der Waals surface area contributed by atoms with Crippen molar-refractivity contribution in [3.05, 3.63) is 64.2 Å². The van der Waals surface area contributed by atoms with Crippen molar-refractivity contribution in [2.75, 3.05) is 13.2 Å². The molecule has 0 saturated carbocycles. The summed E-state index contributed by atoms with van der Waals surface area (Å²) in [5.74, 6) is -1.29. The fourth-order valence-corrected chi connectivity index (χ4v) is 3.53. The minimum Gasteiger partial charge on any atom is -0.461 e. The largest absolute Gasteiger partial charge is 0.461 e. The zero-order valence-electron chi connectivity index (χ0n) is 15.6. The number of fused-ring (bicyclic) bond motifs is 1. The van der Waals surface area contributed by atoms with Gasteiger partial charge in [0.15, 0.2) is 5.69 Å². The molecule has 0 unspecified atom stereocenters. The second-order valence-electron chi connectivity index (χ2n) is 6.41. The van der Waals surface area contributed by atoms with E-state index in [0.29, 0.717) is 25.1 Å². The summed E-state index contributed by atoms with van der Waals surface area (Å²) in [5, 5.41) is 4.58. The zero-order valence-corrected chi connectivity index (χ0v) is 16.3. The Hall–Kier alpha value is -2.67. The standard InChI is InChI=1S/C20H21ClFN3O3/c1-3-9-25-17-8-10-24(12-14(17)19(23-25)20(27)28-4-2)18(26)11-13-15(21)6-5-7-16(13)22/h3,5-7H,1,4,8-12H2,2H3. The number of hydrogen-bond acceptors (Lipinski definition) is 4. The lowest BCUT2D eigenvalue weighted by atomic mass is 10.0. The number of allylic oxidation sites excluding steroid dienone is 1. The number of carbonyl (C=O) groups excluding carboxylic acids is 2. The number of halogens is 2. The van der Waals surface area contributed by atoms with E-state index < -0.39 is 11.8 Å². The summed E-state index contributed by atoms with van der Waals surface area (Å²) in [5.41, 5.74) is 1.93. The Bertz CT molecular complexity index is 905. The van der Waals surface area contributed by atoms with Gasteiger partial charge in [0, 0.05) is 41.4 Å². The molecule has 1 aromatic heterocycles. The highest BCUT2D eigenvalue weighted by Crippen LogP contribution is 2.26. The van der Waals surface area contributed by atoms with Crippen LogP contribution < -0.4 is 0 Å². The molecule has 0 fully saturated rings. The van der Waals surface area contributed by atoms with Crippen molar-refractivity contribution in [2.24, 2.45) is 0 Å². The first kappa shape index (κ1) is 20.1. The SMILES string of the molecule is C=CCn1nc(C(=O)OCC)c2c1CCN(C(=O)Cc1c(F)cccc1Cl)C2. The van der Waals surface area contributed by atoms with Crippen molar-refractivity contribution in [2.45, 2.75) is 32.9 Å². The van der Waals surface area contributed by atoms with Crippen LogP contribution in [0.2, 0.25) is 5.02 Å². The number of carbonyl (C=O) groups is 2. The smallest absolute Gasteiger partial charge is 0.359 e. The van der Waals surface area contributed by atoms with Gasteiger partial charge in [0.25, 0.3) is 0 Å². The van der Waals surface area contributed by atoms with Crippen molar-refractivity contribution >= 4 is 23.5 Å². The summed E-state index contributed by atoms with van der Waals surface area (Å²) in [6.45, 7) is 6.79. The van der Waals surface area contributed by atoms with E-state index in [0.717, 1.165) is 5.69 Å². The predicted octanol–water partition coefficient (Wildman–Crippen LogP) is 3.17. The minimum atomic E-state index is -0.520. The third kappa shape index (κ3) is 3.94. The maximum absolute atomic E-state index is 14.0. The molecule has 0 N–H and O–H groups in total. The summed E-state index contributed by atoms with van der Waals surface area (Å²) in [7, 11) is 0. The molecule has 148 valence electrons. The number of esters is 1. The Morgan fingerprint density at radius 3 is 2.89 bits per heavy atom. The maximum atomic E-state index is 14.0. The number of amides is 1. The quantitative estimate of drug-likeness (QED) is 0.547. The van der Waals surface area contributed by atoms with Gasteiger partial charge < -0.3 is 9.64 Å². The predicted molar refractivity (Wildman–Crippen MR) is 103 cm³/mol. The third-order valence-corrected chi connectivity index (χ3v) is 5.00. The summed E-state index contributed by atoms with van der Waals surface area (Å²) in [6.07, 6.45) is 2.09. The van der Waals surface area contributed by atoms with Crippen LogP contribution in [0.5, 0.6) is 0 Å². The average molecular weight is 406 g/mol. The Morgan fingerprint density at radius 1 is 1.43 bits per heavy atom. The van der Waals surface area contributed by atoms with Gasteiger partial charge in [-0.3, -0.25) is 9.48 Å². The van der Waals surface area contributed by atoms with Crippen LogP contribution in [0.15, 0.2) is 30.9 Å². The molecule has 0 atom stereocenters. The number of ether oxygens (including phenoxy) is 1. The molecule has 1 amide bonds. The van der Waals surface area contributed by atoms with Crippen LogP contribution in [0.4, 0.5) is 4.39 Å². The van der Waals surface area contributed by atoms with Crippen LogP contribution in [-0.2, 0) is 35.5 Å². The monoisotopic (exact) mass is 405 g/mol. The lowest BCUT2D eigenvalue weighted by Crippen LogP contribution is -2.38. The summed E-state index contributed by atoms with van der Waals surface area (Å²) >= 11 is 6.04. The normalized spacial score (nSPS) is 13.2. The molecule has 1 aliphatic rings. The summed E-state index contributed by atoms with van der Waals surface area (Å²) in [6, 6.07) is 4.33. The molecule has 0 saturated heterocycles. The van der Waals surface area contributed by atoms with E-state index in [1.54, 1.807) is 28.6 Å². The van der Waals surface area contributed by atoms with Crippen molar-refractivity contribution in [3.8, 4) is 0 Å². The van der Waals surface area contributed by atoms with Crippen molar-refractivity contribution in [1.29, 1.82) is 0 Å². The van der Waals surface area contributed by atoms with Gasteiger partial charge in [-0.25, -0.2) is 9.18 Å². The Labute approximate surface area is 167 Å². The number of hydrogen-bond donors (Lipinski definition) is 0. The molecule has 28 heavy (non-hydrogen) atoms. The molecule has 6 nitrogen and oxygen atoms in total. The molecular formula is C20H21ClFN3O3. The Morgan fingerprint density at radius 2 is 2.21 bits per heavy atom. The Kier molecular flexibility index (Phi) is 6.14. The topological polar surface area (TPSA) is 64.4 Å². The zero-order chi connectivity index (χ0) is 20.3. The molecule has 0 radical (unpaired) electrons. The van der Waals surface area contributed by atoms with E-state index in [2.05, 4.69) is 11.7 Å². The number of benzene rings is 1. The van der Waals surface area contributed by atoms with Crippen molar-refractivity contribution in [1.82, 2.24) is 14.7 Å². The fraction of sp³-hybridized carbons (Fsp3) is 0.350. The molecular weight excluding hydrogens is 385 g/mol. The van der Waals surface area contributed by atoms with Crippen LogP contribution in [0, 0.1) is 5.82 Å². The van der Waals surface area contributed by atoms with Crippen LogP contribution in [0.3, 0.4) is 0 Å². The van der Waals surface area contributed by atoms with Crippen molar-refractivity contribution < 1.29 is 18.7 Å². The Balaban J connectivity index is 1.85. The molecule has 1 aliphatic heterocycles. The van der Waals surface area contributed by atoms with Gasteiger partial charge in [0.05, 0.1) is 19.6 Å². The first-order chi connectivity index (χ1) is 13.5. The van der Waals surface area contributed by atoms with E-state index in [-0.39, 0.29) is 41.8 Å². The highest BCUT2D eigenvalue weighted by Gasteiger charge is 2.30. The van der Waals surface area contributed by atoms with E-state index in [1.165, 1.54) is 12.1 Å². The van der Waals surface area contributed by atoms with Crippen LogP contribution in [0.1, 0.15) is 34.2 Å². The van der Waals surface area contributed by atoms with E-state index in [9.17, 15) is 14.0 Å². The van der Waals surface area contributed by atoms with Gasteiger partial charge in [-0.1, -0.05) is 23.7 Å². The third-order valence-electron chi connectivity index (χ3n) is 4.65. The second kappa shape index (κ2) is 8.56. The second-order valence-corrected chi connectivity index (χ2v) is 6.81. The summed E-state index contributed by atoms with van der Waals surface area (Å²) < 4.78 is 20.8. The van der Waals surface area contributed by atoms with Crippen LogP contribution in [0.25, 0.3) is 0 Å². The van der Waals surface area contributed by atoms with Gasteiger partial charge in [0.2, 0.25) is 5.91 Å². The van der Waals surface area contributed by atoms with Crippen molar-refractivity contribution in [3.63, 3.8) is 0 Å². The highest BCUT2D eigenvalue weighted by molar-refractivity contribution is 6.31. The fourth-order valence-electron chi connectivity index (χ4n) is 3.30. The highest BCUT2D eigenvalue weighted by atomic mass is 35.5.